The van der Waals surface area contributed by atoms with Crippen LogP contribution >= 0.6 is 0 Å². The zero-order valence-electron chi connectivity index (χ0n) is 17.0. The molecular weight excluding hydrogens is 362 g/mol. The molecule has 0 atom stereocenters. The molecule has 1 aromatic heterocycles. The average molecular weight is 389 g/mol. The normalized spacial score (nSPS) is 15.1. The average Bonchev–Trinajstić information content (AvgIpc) is 3.08. The van der Waals surface area contributed by atoms with E-state index in [0.29, 0.717) is 6.42 Å². The molecule has 1 saturated heterocycles. The van der Waals surface area contributed by atoms with E-state index in [9.17, 15) is 4.79 Å². The number of carbonyl (C=O) groups excluding carboxylic acids is 1. The molecule has 0 radical (unpaired) electrons. The SMILES string of the molecule is Cc1noc(C)c1CC(=O)N1CCN(C(c2ccccc2)c2ccccc2)CC1. The van der Waals surface area contributed by atoms with E-state index in [4.69, 9.17) is 4.52 Å². The van der Waals surface area contributed by atoms with Gasteiger partial charge in [-0.2, -0.15) is 0 Å². The Morgan fingerprint density at radius 1 is 0.931 bits per heavy atom. The molecule has 3 aromatic rings. The Balaban J connectivity index is 1.46. The molecule has 1 amide bonds. The van der Waals surface area contributed by atoms with Gasteiger partial charge >= 0.3 is 0 Å². The van der Waals surface area contributed by atoms with E-state index in [1.165, 1.54) is 11.1 Å². The van der Waals surface area contributed by atoms with Gasteiger partial charge in [-0.05, 0) is 25.0 Å². The lowest BCUT2D eigenvalue weighted by atomic mass is 9.96. The smallest absolute Gasteiger partial charge is 0.227 e. The number of amides is 1. The quantitative estimate of drug-likeness (QED) is 0.667. The summed E-state index contributed by atoms with van der Waals surface area (Å²) in [7, 11) is 0. The van der Waals surface area contributed by atoms with Gasteiger partial charge in [0.25, 0.3) is 0 Å². The van der Waals surface area contributed by atoms with Crippen LogP contribution in [0, 0.1) is 13.8 Å². The summed E-state index contributed by atoms with van der Waals surface area (Å²) in [6.07, 6.45) is 0.363. The molecule has 5 nitrogen and oxygen atoms in total. The molecule has 4 rings (SSSR count). The number of rotatable bonds is 5. The molecule has 0 N–H and O–H groups in total. The van der Waals surface area contributed by atoms with Gasteiger partial charge in [-0.15, -0.1) is 0 Å². The summed E-state index contributed by atoms with van der Waals surface area (Å²) in [5.41, 5.74) is 4.30. The highest BCUT2D eigenvalue weighted by molar-refractivity contribution is 5.79. The maximum atomic E-state index is 12.8. The van der Waals surface area contributed by atoms with Crippen molar-refractivity contribution in [2.75, 3.05) is 26.2 Å². The summed E-state index contributed by atoms with van der Waals surface area (Å²) in [5, 5.41) is 3.96. The van der Waals surface area contributed by atoms with Crippen LogP contribution in [0.25, 0.3) is 0 Å². The van der Waals surface area contributed by atoms with Gasteiger partial charge in [-0.25, -0.2) is 0 Å². The lowest BCUT2D eigenvalue weighted by Gasteiger charge is -2.39. The Labute approximate surface area is 171 Å². The maximum absolute atomic E-state index is 12.8. The molecule has 2 heterocycles. The van der Waals surface area contributed by atoms with Crippen LogP contribution in [0.5, 0.6) is 0 Å². The topological polar surface area (TPSA) is 49.6 Å². The predicted octanol–water partition coefficient (Wildman–Crippen LogP) is 3.77. The van der Waals surface area contributed by atoms with Crippen molar-refractivity contribution in [1.82, 2.24) is 15.0 Å². The zero-order valence-corrected chi connectivity index (χ0v) is 17.0. The summed E-state index contributed by atoms with van der Waals surface area (Å²) in [4.78, 5) is 17.3. The van der Waals surface area contributed by atoms with E-state index in [-0.39, 0.29) is 11.9 Å². The number of nitrogens with zero attached hydrogens (tertiary/aromatic N) is 3. The minimum atomic E-state index is 0.148. The molecule has 0 aliphatic carbocycles. The number of aromatic nitrogens is 1. The molecule has 2 aromatic carbocycles. The second kappa shape index (κ2) is 8.62. The van der Waals surface area contributed by atoms with Crippen molar-refractivity contribution >= 4 is 5.91 Å². The van der Waals surface area contributed by atoms with Gasteiger partial charge in [-0.1, -0.05) is 65.8 Å². The first-order valence-corrected chi connectivity index (χ1v) is 10.2. The van der Waals surface area contributed by atoms with Crippen molar-refractivity contribution < 1.29 is 9.32 Å². The lowest BCUT2D eigenvalue weighted by molar-refractivity contribution is -0.132. The molecule has 29 heavy (non-hydrogen) atoms. The first kappa shape index (κ1) is 19.4. The fourth-order valence-electron chi connectivity index (χ4n) is 4.13. The Bertz CT molecular complexity index is 886. The fraction of sp³-hybridized carbons (Fsp3) is 0.333. The van der Waals surface area contributed by atoms with Gasteiger partial charge in [0.05, 0.1) is 18.2 Å². The zero-order chi connectivity index (χ0) is 20.2. The second-order valence-corrected chi connectivity index (χ2v) is 7.62. The third kappa shape index (κ3) is 4.25. The lowest BCUT2D eigenvalue weighted by Crippen LogP contribution is -2.50. The van der Waals surface area contributed by atoms with Crippen LogP contribution < -0.4 is 0 Å². The van der Waals surface area contributed by atoms with Crippen LogP contribution in [-0.4, -0.2) is 47.0 Å². The van der Waals surface area contributed by atoms with Crippen molar-refractivity contribution in [2.24, 2.45) is 0 Å². The van der Waals surface area contributed by atoms with Gasteiger partial charge in [0.1, 0.15) is 5.76 Å². The van der Waals surface area contributed by atoms with Crippen molar-refractivity contribution in [1.29, 1.82) is 0 Å². The predicted molar refractivity (Wildman–Crippen MR) is 113 cm³/mol. The van der Waals surface area contributed by atoms with E-state index in [1.807, 2.05) is 18.7 Å². The molecule has 0 bridgehead atoms. The minimum Gasteiger partial charge on any atom is -0.361 e. The van der Waals surface area contributed by atoms with Crippen molar-refractivity contribution in [2.45, 2.75) is 26.3 Å². The molecule has 0 spiro atoms. The van der Waals surface area contributed by atoms with Crippen LogP contribution in [-0.2, 0) is 11.2 Å². The minimum absolute atomic E-state index is 0.148. The Morgan fingerprint density at radius 3 is 1.97 bits per heavy atom. The Morgan fingerprint density at radius 2 is 1.48 bits per heavy atom. The molecule has 5 heteroatoms. The molecule has 1 fully saturated rings. The van der Waals surface area contributed by atoms with Crippen molar-refractivity contribution in [3.05, 3.63) is 88.8 Å². The number of benzene rings is 2. The summed E-state index contributed by atoms with van der Waals surface area (Å²) in [6.45, 7) is 6.92. The van der Waals surface area contributed by atoms with Gasteiger partial charge in [0.15, 0.2) is 0 Å². The van der Waals surface area contributed by atoms with Crippen molar-refractivity contribution in [3.8, 4) is 0 Å². The summed E-state index contributed by atoms with van der Waals surface area (Å²) >= 11 is 0. The van der Waals surface area contributed by atoms with Crippen LogP contribution in [0.2, 0.25) is 0 Å². The van der Waals surface area contributed by atoms with E-state index in [2.05, 4.69) is 70.7 Å². The third-order valence-corrected chi connectivity index (χ3v) is 5.77. The number of hydrogen-bond acceptors (Lipinski definition) is 4. The molecule has 150 valence electrons. The highest BCUT2D eigenvalue weighted by Crippen LogP contribution is 2.29. The summed E-state index contributed by atoms with van der Waals surface area (Å²) < 4.78 is 5.20. The molecular formula is C24H27N3O2. The van der Waals surface area contributed by atoms with Gasteiger partial charge in [-0.3, -0.25) is 9.69 Å². The van der Waals surface area contributed by atoms with E-state index in [0.717, 1.165) is 43.2 Å². The number of hydrogen-bond donors (Lipinski definition) is 0. The first-order chi connectivity index (χ1) is 14.1. The maximum Gasteiger partial charge on any atom is 0.227 e. The van der Waals surface area contributed by atoms with Gasteiger partial charge in [0, 0.05) is 31.7 Å². The van der Waals surface area contributed by atoms with Crippen LogP contribution in [0.3, 0.4) is 0 Å². The highest BCUT2D eigenvalue weighted by Gasteiger charge is 2.28. The second-order valence-electron chi connectivity index (χ2n) is 7.62. The largest absolute Gasteiger partial charge is 0.361 e. The third-order valence-electron chi connectivity index (χ3n) is 5.77. The number of carbonyl (C=O) groups is 1. The van der Waals surface area contributed by atoms with Crippen LogP contribution in [0.15, 0.2) is 65.2 Å². The van der Waals surface area contributed by atoms with Crippen molar-refractivity contribution in [3.63, 3.8) is 0 Å². The highest BCUT2D eigenvalue weighted by atomic mass is 16.5. The van der Waals surface area contributed by atoms with Gasteiger partial charge < -0.3 is 9.42 Å². The Kier molecular flexibility index (Phi) is 5.76. The summed E-state index contributed by atoms with van der Waals surface area (Å²) in [6, 6.07) is 21.4. The molecule has 0 unspecified atom stereocenters. The van der Waals surface area contributed by atoms with E-state index in [1.54, 1.807) is 0 Å². The first-order valence-electron chi connectivity index (χ1n) is 10.2. The standard InChI is InChI=1S/C24H27N3O2/c1-18-22(19(2)29-25-18)17-23(28)26-13-15-27(16-14-26)24(20-9-5-3-6-10-20)21-11-7-4-8-12-21/h3-12,24H,13-17H2,1-2H3. The number of aryl methyl sites for hydroxylation is 2. The summed E-state index contributed by atoms with van der Waals surface area (Å²) in [5.74, 6) is 0.887. The Hall–Kier alpha value is -2.92. The molecule has 1 aliphatic rings. The number of piperazine rings is 1. The van der Waals surface area contributed by atoms with E-state index >= 15 is 0 Å². The molecule has 1 aliphatic heterocycles. The van der Waals surface area contributed by atoms with Gasteiger partial charge in [0.2, 0.25) is 5.91 Å². The molecule has 0 saturated carbocycles. The monoisotopic (exact) mass is 389 g/mol. The van der Waals surface area contributed by atoms with Crippen LogP contribution in [0.4, 0.5) is 0 Å². The fourth-order valence-corrected chi connectivity index (χ4v) is 4.13. The van der Waals surface area contributed by atoms with E-state index < -0.39 is 0 Å². The van der Waals surface area contributed by atoms with Crippen LogP contribution in [0.1, 0.15) is 34.2 Å².